The minimum atomic E-state index is 0.0616. The lowest BCUT2D eigenvalue weighted by atomic mass is 10.0. The van der Waals surface area contributed by atoms with Gasteiger partial charge in [0.2, 0.25) is 0 Å². The van der Waals surface area contributed by atoms with Gasteiger partial charge in [0.1, 0.15) is 0 Å². The fourth-order valence-corrected chi connectivity index (χ4v) is 2.19. The van der Waals surface area contributed by atoms with Crippen LogP contribution in [0.3, 0.4) is 0 Å². The van der Waals surface area contributed by atoms with Crippen molar-refractivity contribution in [3.63, 3.8) is 0 Å². The van der Waals surface area contributed by atoms with Crippen molar-refractivity contribution in [3.8, 4) is 0 Å². The average molecular weight is 227 g/mol. The predicted molar refractivity (Wildman–Crippen MR) is 70.2 cm³/mol. The Hall–Kier alpha value is -1.83. The molecule has 0 radical (unpaired) electrons. The summed E-state index contributed by atoms with van der Waals surface area (Å²) in [6.07, 6.45) is 3.72. The molecule has 1 aliphatic rings. The molecule has 0 aromatic heterocycles. The smallest absolute Gasteiger partial charge is 0.251 e. The van der Waals surface area contributed by atoms with Gasteiger partial charge >= 0.3 is 0 Å². The van der Waals surface area contributed by atoms with Crippen LogP contribution in [0.4, 0.5) is 0 Å². The van der Waals surface area contributed by atoms with Crippen molar-refractivity contribution in [2.24, 2.45) is 0 Å². The Kier molecular flexibility index (Phi) is 3.43. The lowest BCUT2D eigenvalue weighted by Gasteiger charge is -2.03. The number of benzene rings is 1. The minimum absolute atomic E-state index is 0.0616. The normalized spacial score (nSPS) is 17.8. The highest BCUT2D eigenvalue weighted by Gasteiger charge is 2.23. The van der Waals surface area contributed by atoms with Crippen LogP contribution in [0.15, 0.2) is 47.2 Å². The lowest BCUT2D eigenvalue weighted by molar-refractivity contribution is -0.116. The molecule has 1 aromatic rings. The molecule has 1 N–H and O–H groups in total. The number of allylic oxidation sites excluding steroid dienone is 1. The first-order valence-electron chi connectivity index (χ1n) is 6.06. The number of rotatable bonds is 3. The molecule has 0 saturated carbocycles. The van der Waals surface area contributed by atoms with E-state index in [1.165, 1.54) is 0 Å². The van der Waals surface area contributed by atoms with Crippen LogP contribution in [0.25, 0.3) is 6.08 Å². The number of nitrogens with one attached hydrogen (secondary N) is 1. The molecule has 2 nitrogen and oxygen atoms in total. The molecule has 2 rings (SSSR count). The summed E-state index contributed by atoms with van der Waals surface area (Å²) in [7, 11) is 0. The molecule has 0 fully saturated rings. The summed E-state index contributed by atoms with van der Waals surface area (Å²) in [5.74, 6) is 0.0616. The molecule has 1 aliphatic heterocycles. The summed E-state index contributed by atoms with van der Waals surface area (Å²) in [5.41, 5.74) is 4.16. The minimum Gasteiger partial charge on any atom is -0.322 e. The van der Waals surface area contributed by atoms with Gasteiger partial charge in [-0.25, -0.2) is 0 Å². The molecule has 0 saturated heterocycles. The van der Waals surface area contributed by atoms with E-state index in [2.05, 4.69) is 12.2 Å². The van der Waals surface area contributed by atoms with Gasteiger partial charge in [-0.3, -0.25) is 4.79 Å². The van der Waals surface area contributed by atoms with Crippen LogP contribution in [-0.4, -0.2) is 5.91 Å². The van der Waals surface area contributed by atoms with Crippen molar-refractivity contribution in [2.45, 2.75) is 26.7 Å². The van der Waals surface area contributed by atoms with Crippen LogP contribution >= 0.6 is 0 Å². The maximum Gasteiger partial charge on any atom is 0.251 e. The molecular weight excluding hydrogens is 210 g/mol. The van der Waals surface area contributed by atoms with E-state index < -0.39 is 0 Å². The Labute approximate surface area is 102 Å². The second-order valence-electron chi connectivity index (χ2n) is 4.09. The molecule has 2 heteroatoms. The van der Waals surface area contributed by atoms with E-state index in [0.717, 1.165) is 35.2 Å². The lowest BCUT2D eigenvalue weighted by Crippen LogP contribution is -2.16. The van der Waals surface area contributed by atoms with Crippen molar-refractivity contribution in [1.82, 2.24) is 5.32 Å². The Balaban J connectivity index is 2.38. The summed E-state index contributed by atoms with van der Waals surface area (Å²) in [6, 6.07) is 10.1. The first-order valence-corrected chi connectivity index (χ1v) is 6.06. The first kappa shape index (κ1) is 11.6. The molecule has 1 amide bonds. The Morgan fingerprint density at radius 1 is 1.06 bits per heavy atom. The third-order valence-corrected chi connectivity index (χ3v) is 3.03. The van der Waals surface area contributed by atoms with Gasteiger partial charge in [-0.1, -0.05) is 44.2 Å². The second-order valence-corrected chi connectivity index (χ2v) is 4.09. The predicted octanol–water partition coefficient (Wildman–Crippen LogP) is 3.27. The topological polar surface area (TPSA) is 29.1 Å². The molecule has 88 valence electrons. The van der Waals surface area contributed by atoms with Gasteiger partial charge in [-0.15, -0.1) is 0 Å². The molecular formula is C15H17NO. The maximum absolute atomic E-state index is 11.8. The zero-order valence-corrected chi connectivity index (χ0v) is 10.3. The van der Waals surface area contributed by atoms with Crippen molar-refractivity contribution >= 4 is 12.0 Å². The molecule has 0 unspecified atom stereocenters. The zero-order chi connectivity index (χ0) is 12.3. The van der Waals surface area contributed by atoms with Crippen molar-refractivity contribution in [3.05, 3.63) is 52.7 Å². The summed E-state index contributed by atoms with van der Waals surface area (Å²) in [4.78, 5) is 11.8. The number of carbonyl (C=O) groups is 1. The number of hydrogen-bond acceptors (Lipinski definition) is 1. The Morgan fingerprint density at radius 3 is 2.29 bits per heavy atom. The highest BCUT2D eigenvalue weighted by atomic mass is 16.1. The van der Waals surface area contributed by atoms with Crippen molar-refractivity contribution in [1.29, 1.82) is 0 Å². The molecule has 0 atom stereocenters. The molecule has 1 aromatic carbocycles. The van der Waals surface area contributed by atoms with Crippen LogP contribution in [0.2, 0.25) is 0 Å². The van der Waals surface area contributed by atoms with Crippen LogP contribution in [-0.2, 0) is 4.79 Å². The van der Waals surface area contributed by atoms with Gasteiger partial charge in [0.15, 0.2) is 0 Å². The molecule has 0 bridgehead atoms. The fourth-order valence-electron chi connectivity index (χ4n) is 2.19. The van der Waals surface area contributed by atoms with E-state index in [1.54, 1.807) is 0 Å². The SMILES string of the molecule is CCC1=C(CC)/C(=C\c2ccccc2)NC1=O. The van der Waals surface area contributed by atoms with Crippen LogP contribution in [0.5, 0.6) is 0 Å². The Bertz CT molecular complexity index is 483. The van der Waals surface area contributed by atoms with Gasteiger partial charge in [0, 0.05) is 11.3 Å². The van der Waals surface area contributed by atoms with Crippen LogP contribution in [0, 0.1) is 0 Å². The number of hydrogen-bond donors (Lipinski definition) is 1. The van der Waals surface area contributed by atoms with Crippen LogP contribution in [0.1, 0.15) is 32.3 Å². The van der Waals surface area contributed by atoms with E-state index in [9.17, 15) is 4.79 Å². The van der Waals surface area contributed by atoms with Gasteiger partial charge < -0.3 is 5.32 Å². The van der Waals surface area contributed by atoms with E-state index in [-0.39, 0.29) is 5.91 Å². The van der Waals surface area contributed by atoms with Gasteiger partial charge in [-0.05, 0) is 30.1 Å². The van der Waals surface area contributed by atoms with Gasteiger partial charge in [-0.2, -0.15) is 0 Å². The third kappa shape index (κ3) is 2.31. The third-order valence-electron chi connectivity index (χ3n) is 3.03. The first-order chi connectivity index (χ1) is 8.26. The van der Waals surface area contributed by atoms with E-state index in [1.807, 2.05) is 43.3 Å². The molecule has 17 heavy (non-hydrogen) atoms. The van der Waals surface area contributed by atoms with Crippen molar-refractivity contribution in [2.75, 3.05) is 0 Å². The summed E-state index contributed by atoms with van der Waals surface area (Å²) < 4.78 is 0. The van der Waals surface area contributed by atoms with E-state index in [0.29, 0.717) is 0 Å². The molecule has 0 aliphatic carbocycles. The van der Waals surface area contributed by atoms with Crippen LogP contribution < -0.4 is 5.32 Å². The fraction of sp³-hybridized carbons (Fsp3) is 0.267. The summed E-state index contributed by atoms with van der Waals surface area (Å²) in [6.45, 7) is 4.11. The van der Waals surface area contributed by atoms with Gasteiger partial charge in [0.25, 0.3) is 5.91 Å². The maximum atomic E-state index is 11.8. The van der Waals surface area contributed by atoms with Gasteiger partial charge in [0.05, 0.1) is 0 Å². The van der Waals surface area contributed by atoms with E-state index in [4.69, 9.17) is 0 Å². The Morgan fingerprint density at radius 2 is 1.71 bits per heavy atom. The molecule has 0 spiro atoms. The highest BCUT2D eigenvalue weighted by Crippen LogP contribution is 2.27. The monoisotopic (exact) mass is 227 g/mol. The summed E-state index contributed by atoms with van der Waals surface area (Å²) >= 11 is 0. The highest BCUT2D eigenvalue weighted by molar-refractivity contribution is 6.01. The van der Waals surface area contributed by atoms with Crippen molar-refractivity contribution < 1.29 is 4.79 Å². The summed E-state index contributed by atoms with van der Waals surface area (Å²) in [5, 5.41) is 2.95. The number of amides is 1. The molecule has 1 heterocycles. The largest absolute Gasteiger partial charge is 0.322 e. The average Bonchev–Trinajstić information content (AvgIpc) is 2.65. The number of carbonyl (C=O) groups excluding carboxylic acids is 1. The van der Waals surface area contributed by atoms with E-state index >= 15 is 0 Å². The standard InChI is InChI=1S/C15H17NO/c1-3-12-13(4-2)15(17)16-14(12)10-11-8-6-5-7-9-11/h5-10H,3-4H2,1-2H3,(H,16,17)/b14-10+. The second kappa shape index (κ2) is 5.00. The zero-order valence-electron chi connectivity index (χ0n) is 10.3. The quantitative estimate of drug-likeness (QED) is 0.843.